The standard InChI is InChI=1S/C44H73N3O9/c1-14-29(7)40(45(10)43(52)33(27(3)4)25-36(49)39(28(5)6)46(11)44(53)56-15-2)37(54-12)26-38(50)47-23-19-22-34(47)42(55-13)31(9)35(48)24-30(8)41(51)32-20-17-16-18-21-32/h16-18,20-21,27-31,33-34,37,39-42,51H,14-15,19,22-26H2,1-13H3/t29-,30-,31-,33-,34-,37+,39-,40?,41+,42+/m0/s1. The zero-order valence-corrected chi connectivity index (χ0v) is 36.5. The summed E-state index contributed by atoms with van der Waals surface area (Å²) in [6.45, 7) is 17.7. The average molecular weight is 788 g/mol. The number of likely N-dealkylation sites (tertiary alicyclic amines) is 1. The molecule has 1 aliphatic heterocycles. The van der Waals surface area contributed by atoms with E-state index >= 15 is 0 Å². The number of hydrogen-bond acceptors (Lipinski definition) is 9. The summed E-state index contributed by atoms with van der Waals surface area (Å²) in [6, 6.07) is 7.76. The van der Waals surface area contributed by atoms with Gasteiger partial charge < -0.3 is 34.0 Å². The van der Waals surface area contributed by atoms with Gasteiger partial charge >= 0.3 is 6.09 Å². The lowest BCUT2D eigenvalue weighted by molar-refractivity contribution is -0.149. The second-order valence-corrected chi connectivity index (χ2v) is 16.6. The van der Waals surface area contributed by atoms with Crippen LogP contribution >= 0.6 is 0 Å². The van der Waals surface area contributed by atoms with Crippen molar-refractivity contribution in [3.63, 3.8) is 0 Å². The van der Waals surface area contributed by atoms with Crippen LogP contribution in [0.5, 0.6) is 0 Å². The van der Waals surface area contributed by atoms with E-state index in [-0.39, 0.29) is 79.0 Å². The fourth-order valence-electron chi connectivity index (χ4n) is 8.51. The summed E-state index contributed by atoms with van der Waals surface area (Å²) in [6.07, 6.45) is -0.240. The zero-order valence-electron chi connectivity index (χ0n) is 36.5. The van der Waals surface area contributed by atoms with Gasteiger partial charge in [-0.1, -0.05) is 92.1 Å². The summed E-state index contributed by atoms with van der Waals surface area (Å²) in [5.41, 5.74) is 0.763. The maximum absolute atomic E-state index is 14.4. The Labute approximate surface area is 337 Å². The van der Waals surface area contributed by atoms with Gasteiger partial charge in [0.05, 0.1) is 49.5 Å². The Morgan fingerprint density at radius 3 is 1.96 bits per heavy atom. The van der Waals surface area contributed by atoms with Gasteiger partial charge in [0.2, 0.25) is 11.8 Å². The number of hydrogen-bond donors (Lipinski definition) is 1. The van der Waals surface area contributed by atoms with Crippen molar-refractivity contribution >= 4 is 29.5 Å². The van der Waals surface area contributed by atoms with E-state index in [1.165, 1.54) is 4.90 Å². The number of methoxy groups -OCH3 is 2. The Kier molecular flexibility index (Phi) is 20.2. The van der Waals surface area contributed by atoms with Gasteiger partial charge in [0.15, 0.2) is 5.78 Å². The highest BCUT2D eigenvalue weighted by atomic mass is 16.6. The van der Waals surface area contributed by atoms with Crippen molar-refractivity contribution in [2.24, 2.45) is 35.5 Å². The predicted octanol–water partition coefficient (Wildman–Crippen LogP) is 6.58. The molecular weight excluding hydrogens is 714 g/mol. The summed E-state index contributed by atoms with van der Waals surface area (Å²) in [7, 11) is 6.40. The number of benzene rings is 1. The molecule has 56 heavy (non-hydrogen) atoms. The molecule has 12 nitrogen and oxygen atoms in total. The lowest BCUT2D eigenvalue weighted by atomic mass is 9.83. The number of amides is 3. The largest absolute Gasteiger partial charge is 0.450 e. The molecular formula is C44H73N3O9. The number of likely N-dealkylation sites (N-methyl/N-ethyl adjacent to an activating group) is 2. The molecule has 0 bridgehead atoms. The number of aliphatic hydroxyl groups is 1. The van der Waals surface area contributed by atoms with Crippen LogP contribution in [0.15, 0.2) is 30.3 Å². The van der Waals surface area contributed by atoms with Gasteiger partial charge in [0.25, 0.3) is 0 Å². The number of Topliss-reactive ketones (excluding diaryl/α,β-unsaturated/α-hetero) is 2. The normalized spacial score (nSPS) is 19.4. The SMILES string of the molecule is CCOC(=O)N(C)[C@H](C(=O)C[C@H](C(=O)N(C)C([C@@H](C)CC)[C@@H](CC(=O)N1CCC[C@H]1[C@H](OC)[C@@H](C)C(=O)C[C@H](C)[C@@H](O)c1ccccc1)OC)C(C)C)C(C)C. The third-order valence-corrected chi connectivity index (χ3v) is 12.0. The quantitative estimate of drug-likeness (QED) is 0.130. The van der Waals surface area contributed by atoms with Crippen LogP contribution in [-0.4, -0.2) is 121 Å². The lowest BCUT2D eigenvalue weighted by Gasteiger charge is -2.41. The third-order valence-electron chi connectivity index (χ3n) is 12.0. The second kappa shape index (κ2) is 23.2. The van der Waals surface area contributed by atoms with Crippen LogP contribution in [0.3, 0.4) is 0 Å². The number of rotatable bonds is 23. The Balaban J connectivity index is 2.28. The average Bonchev–Trinajstić information content (AvgIpc) is 3.65. The Morgan fingerprint density at radius 2 is 1.45 bits per heavy atom. The third kappa shape index (κ3) is 12.6. The number of carbonyl (C=O) groups is 5. The molecule has 0 radical (unpaired) electrons. The van der Waals surface area contributed by atoms with Crippen molar-refractivity contribution in [3.05, 3.63) is 35.9 Å². The monoisotopic (exact) mass is 788 g/mol. The summed E-state index contributed by atoms with van der Waals surface area (Å²) < 4.78 is 17.2. The minimum Gasteiger partial charge on any atom is -0.450 e. The molecule has 1 fully saturated rings. The molecule has 318 valence electrons. The van der Waals surface area contributed by atoms with Crippen LogP contribution in [0.4, 0.5) is 4.79 Å². The number of ether oxygens (including phenoxy) is 3. The van der Waals surface area contributed by atoms with Crippen LogP contribution in [0, 0.1) is 35.5 Å². The van der Waals surface area contributed by atoms with Crippen molar-refractivity contribution in [1.29, 1.82) is 0 Å². The first-order chi connectivity index (χ1) is 26.4. The molecule has 0 aliphatic carbocycles. The van der Waals surface area contributed by atoms with Crippen molar-refractivity contribution in [1.82, 2.24) is 14.7 Å². The molecule has 0 aromatic heterocycles. The first-order valence-electron chi connectivity index (χ1n) is 20.7. The summed E-state index contributed by atoms with van der Waals surface area (Å²) >= 11 is 0. The summed E-state index contributed by atoms with van der Waals surface area (Å²) in [5.74, 6) is -2.50. The summed E-state index contributed by atoms with van der Waals surface area (Å²) in [4.78, 5) is 73.5. The molecule has 1 aromatic rings. The molecule has 0 spiro atoms. The minimum absolute atomic E-state index is 0.0176. The Hall–Kier alpha value is -3.35. The molecule has 1 heterocycles. The molecule has 3 amide bonds. The molecule has 0 saturated carbocycles. The van der Waals surface area contributed by atoms with Crippen molar-refractivity contribution in [3.8, 4) is 0 Å². The van der Waals surface area contributed by atoms with Crippen LogP contribution in [0.2, 0.25) is 0 Å². The molecule has 1 aliphatic rings. The highest BCUT2D eigenvalue weighted by Crippen LogP contribution is 2.33. The first kappa shape index (κ1) is 48.8. The molecule has 1 N–H and O–H groups in total. The van der Waals surface area contributed by atoms with Crippen LogP contribution in [-0.2, 0) is 33.4 Å². The van der Waals surface area contributed by atoms with E-state index in [0.717, 1.165) is 18.4 Å². The topological polar surface area (TPSA) is 143 Å². The molecule has 2 rings (SSSR count). The zero-order chi connectivity index (χ0) is 42.4. The van der Waals surface area contributed by atoms with E-state index in [0.29, 0.717) is 13.0 Å². The maximum Gasteiger partial charge on any atom is 0.410 e. The molecule has 12 heteroatoms. The molecule has 1 unspecified atom stereocenters. The Bertz CT molecular complexity index is 1410. The van der Waals surface area contributed by atoms with E-state index in [1.54, 1.807) is 40.1 Å². The number of ketones is 2. The van der Waals surface area contributed by atoms with E-state index in [2.05, 4.69) is 0 Å². The van der Waals surface area contributed by atoms with Gasteiger partial charge in [0, 0.05) is 59.5 Å². The van der Waals surface area contributed by atoms with Crippen LogP contribution < -0.4 is 0 Å². The molecule has 1 aromatic carbocycles. The van der Waals surface area contributed by atoms with Gasteiger partial charge in [0.1, 0.15) is 5.78 Å². The van der Waals surface area contributed by atoms with Crippen molar-refractivity contribution in [2.75, 3.05) is 41.5 Å². The maximum atomic E-state index is 14.4. The van der Waals surface area contributed by atoms with E-state index in [1.807, 2.05) is 90.6 Å². The smallest absolute Gasteiger partial charge is 0.410 e. The Morgan fingerprint density at radius 1 is 0.821 bits per heavy atom. The highest BCUT2D eigenvalue weighted by Gasteiger charge is 2.43. The van der Waals surface area contributed by atoms with Crippen LogP contribution in [0.1, 0.15) is 113 Å². The van der Waals surface area contributed by atoms with E-state index < -0.39 is 48.3 Å². The van der Waals surface area contributed by atoms with Crippen LogP contribution in [0.25, 0.3) is 0 Å². The number of carbonyl (C=O) groups excluding carboxylic acids is 5. The van der Waals surface area contributed by atoms with E-state index in [9.17, 15) is 29.1 Å². The highest BCUT2D eigenvalue weighted by molar-refractivity contribution is 5.92. The molecule has 1 saturated heterocycles. The fraction of sp³-hybridized carbons (Fsp3) is 0.750. The number of nitrogens with zero attached hydrogens (tertiary/aromatic N) is 3. The van der Waals surface area contributed by atoms with Crippen molar-refractivity contribution < 1.29 is 43.3 Å². The van der Waals surface area contributed by atoms with E-state index in [4.69, 9.17) is 14.2 Å². The minimum atomic E-state index is -0.779. The number of aliphatic hydroxyl groups excluding tert-OH is 1. The van der Waals surface area contributed by atoms with Gasteiger partial charge in [-0.2, -0.15) is 0 Å². The predicted molar refractivity (Wildman–Crippen MR) is 218 cm³/mol. The second-order valence-electron chi connectivity index (χ2n) is 16.6. The van der Waals surface area contributed by atoms with Crippen molar-refractivity contribution in [2.45, 2.75) is 137 Å². The van der Waals surface area contributed by atoms with Gasteiger partial charge in [-0.25, -0.2) is 4.79 Å². The summed E-state index contributed by atoms with van der Waals surface area (Å²) in [5, 5.41) is 10.9. The van der Waals surface area contributed by atoms with Gasteiger partial charge in [-0.05, 0) is 49.0 Å². The van der Waals surface area contributed by atoms with Gasteiger partial charge in [-0.3, -0.25) is 19.2 Å². The lowest BCUT2D eigenvalue weighted by Crippen LogP contribution is -2.54. The first-order valence-corrected chi connectivity index (χ1v) is 20.7. The molecule has 10 atom stereocenters. The van der Waals surface area contributed by atoms with Gasteiger partial charge in [-0.15, -0.1) is 0 Å². The fourth-order valence-corrected chi connectivity index (χ4v) is 8.51.